The first-order valence-corrected chi connectivity index (χ1v) is 7.88. The van der Waals surface area contributed by atoms with Gasteiger partial charge in [-0.15, -0.1) is 11.3 Å². The lowest BCUT2D eigenvalue weighted by Crippen LogP contribution is -2.24. The van der Waals surface area contributed by atoms with Gasteiger partial charge in [-0.1, -0.05) is 0 Å². The minimum atomic E-state index is -0.178. The van der Waals surface area contributed by atoms with E-state index >= 15 is 0 Å². The second-order valence-corrected chi connectivity index (χ2v) is 6.26. The molecule has 0 atom stereocenters. The summed E-state index contributed by atoms with van der Waals surface area (Å²) in [5.41, 5.74) is 3.85. The maximum atomic E-state index is 12.3. The fourth-order valence-electron chi connectivity index (χ4n) is 2.73. The van der Waals surface area contributed by atoms with Gasteiger partial charge in [0.25, 0.3) is 5.91 Å². The van der Waals surface area contributed by atoms with Crippen LogP contribution in [0.1, 0.15) is 55.6 Å². The third-order valence-electron chi connectivity index (χ3n) is 3.73. The number of nitrogens with zero attached hydrogens (tertiary/aromatic N) is 1. The molecule has 2 heterocycles. The zero-order valence-corrected chi connectivity index (χ0v) is 12.9. The summed E-state index contributed by atoms with van der Waals surface area (Å²) in [7, 11) is 0. The molecule has 0 bridgehead atoms. The third-order valence-corrected chi connectivity index (χ3v) is 4.70. The number of H-pyrrole nitrogens is 1. The minimum absolute atomic E-state index is 0.139. The van der Waals surface area contributed by atoms with Gasteiger partial charge in [-0.3, -0.25) is 9.59 Å². The highest BCUT2D eigenvalue weighted by Gasteiger charge is 2.26. The monoisotopic (exact) mass is 303 g/mol. The molecular weight excluding hydrogens is 286 g/mol. The number of aromatic amines is 1. The molecule has 5 nitrogen and oxygen atoms in total. The predicted molar refractivity (Wildman–Crippen MR) is 80.8 cm³/mol. The number of fused-ring (bicyclic) bond motifs is 1. The van der Waals surface area contributed by atoms with Gasteiger partial charge in [0.05, 0.1) is 6.54 Å². The molecule has 0 saturated carbocycles. The summed E-state index contributed by atoms with van der Waals surface area (Å²) in [6, 6.07) is 0. The smallest absolute Gasteiger partial charge is 0.268 e. The third kappa shape index (κ3) is 2.63. The molecule has 1 amide bonds. The van der Waals surface area contributed by atoms with Crippen molar-refractivity contribution in [2.75, 3.05) is 0 Å². The van der Waals surface area contributed by atoms with E-state index in [-0.39, 0.29) is 11.7 Å². The second kappa shape index (κ2) is 5.44. The van der Waals surface area contributed by atoms with Crippen molar-refractivity contribution in [3.05, 3.63) is 38.6 Å². The van der Waals surface area contributed by atoms with E-state index in [1.165, 1.54) is 11.3 Å². The summed E-state index contributed by atoms with van der Waals surface area (Å²) in [6.45, 7) is 4.17. The van der Waals surface area contributed by atoms with Crippen LogP contribution in [0, 0.1) is 13.8 Å². The normalized spacial score (nSPS) is 14.1. The second-order valence-electron chi connectivity index (χ2n) is 5.32. The van der Waals surface area contributed by atoms with E-state index in [4.69, 9.17) is 0 Å². The summed E-state index contributed by atoms with van der Waals surface area (Å²) in [4.78, 5) is 31.7. The van der Waals surface area contributed by atoms with Crippen LogP contribution in [0.4, 0.5) is 0 Å². The van der Waals surface area contributed by atoms with Gasteiger partial charge in [0.1, 0.15) is 10.7 Å². The first kappa shape index (κ1) is 14.0. The van der Waals surface area contributed by atoms with Crippen LogP contribution in [-0.4, -0.2) is 21.7 Å². The van der Waals surface area contributed by atoms with E-state index in [0.717, 1.165) is 40.4 Å². The number of aryl methyl sites for hydroxylation is 2. The summed E-state index contributed by atoms with van der Waals surface area (Å²) in [5, 5.41) is 5.70. The van der Waals surface area contributed by atoms with Crippen LogP contribution in [0.15, 0.2) is 5.38 Å². The van der Waals surface area contributed by atoms with Crippen LogP contribution in [0.5, 0.6) is 0 Å². The first-order valence-electron chi connectivity index (χ1n) is 7.00. The number of carbonyl (C=O) groups excluding carboxylic acids is 2. The van der Waals surface area contributed by atoms with Crippen molar-refractivity contribution < 1.29 is 9.59 Å². The Bertz CT molecular complexity index is 715. The minimum Gasteiger partial charge on any atom is -0.354 e. The number of amides is 1. The largest absolute Gasteiger partial charge is 0.354 e. The SMILES string of the molecule is Cc1csc(CNC(=O)c2[nH]c3c(c2C)C(=O)CCC3)n1. The quantitative estimate of drug-likeness (QED) is 0.915. The van der Waals surface area contributed by atoms with Crippen molar-refractivity contribution in [3.8, 4) is 0 Å². The van der Waals surface area contributed by atoms with Crippen LogP contribution < -0.4 is 5.32 Å². The molecule has 1 aliphatic carbocycles. The lowest BCUT2D eigenvalue weighted by Gasteiger charge is -2.09. The fraction of sp³-hybridized carbons (Fsp3) is 0.400. The molecule has 0 radical (unpaired) electrons. The van der Waals surface area contributed by atoms with Crippen LogP contribution in [0.25, 0.3) is 0 Å². The number of hydrogen-bond donors (Lipinski definition) is 2. The number of ketones is 1. The van der Waals surface area contributed by atoms with E-state index in [9.17, 15) is 9.59 Å². The van der Waals surface area contributed by atoms with E-state index in [0.29, 0.717) is 18.7 Å². The van der Waals surface area contributed by atoms with Crippen molar-refractivity contribution in [3.63, 3.8) is 0 Å². The van der Waals surface area contributed by atoms with Gasteiger partial charge in [0.2, 0.25) is 0 Å². The maximum Gasteiger partial charge on any atom is 0.268 e. The molecule has 0 spiro atoms. The molecule has 6 heteroatoms. The van der Waals surface area contributed by atoms with Gasteiger partial charge in [-0.2, -0.15) is 0 Å². The fourth-order valence-corrected chi connectivity index (χ4v) is 3.44. The summed E-state index contributed by atoms with van der Waals surface area (Å²) in [5.74, 6) is -0.0397. The van der Waals surface area contributed by atoms with Crippen molar-refractivity contribution in [2.24, 2.45) is 0 Å². The van der Waals surface area contributed by atoms with Gasteiger partial charge in [-0.25, -0.2) is 4.98 Å². The van der Waals surface area contributed by atoms with Gasteiger partial charge >= 0.3 is 0 Å². The summed E-state index contributed by atoms with van der Waals surface area (Å²) in [6.07, 6.45) is 2.26. The Morgan fingerprint density at radius 2 is 2.24 bits per heavy atom. The molecule has 0 unspecified atom stereocenters. The topological polar surface area (TPSA) is 74.8 Å². The van der Waals surface area contributed by atoms with E-state index in [1.807, 2.05) is 19.2 Å². The van der Waals surface area contributed by atoms with Crippen LogP contribution in [0.3, 0.4) is 0 Å². The molecule has 21 heavy (non-hydrogen) atoms. The Balaban J connectivity index is 1.77. The highest BCUT2D eigenvalue weighted by atomic mass is 32.1. The molecule has 0 aromatic carbocycles. The standard InChI is InChI=1S/C15H17N3O2S/c1-8-7-21-12(17-8)6-16-15(20)14-9(2)13-10(18-14)4-3-5-11(13)19/h7,18H,3-6H2,1-2H3,(H,16,20). The Kier molecular flexibility index (Phi) is 3.63. The number of rotatable bonds is 3. The molecular formula is C15H17N3O2S. The van der Waals surface area contributed by atoms with Crippen LogP contribution in [-0.2, 0) is 13.0 Å². The van der Waals surface area contributed by atoms with Gasteiger partial charge < -0.3 is 10.3 Å². The van der Waals surface area contributed by atoms with E-state index in [1.54, 1.807) is 0 Å². The summed E-state index contributed by atoms with van der Waals surface area (Å²) < 4.78 is 0. The number of nitrogens with one attached hydrogen (secondary N) is 2. The highest BCUT2D eigenvalue weighted by Crippen LogP contribution is 2.26. The molecule has 0 aliphatic heterocycles. The number of thiazole rings is 1. The number of aromatic nitrogens is 2. The number of Topliss-reactive ketones (excluding diaryl/α,β-unsaturated/α-hetero) is 1. The van der Waals surface area contributed by atoms with Crippen LogP contribution in [0.2, 0.25) is 0 Å². The first-order chi connectivity index (χ1) is 10.1. The van der Waals surface area contributed by atoms with Crippen molar-refractivity contribution in [1.29, 1.82) is 0 Å². The number of hydrogen-bond acceptors (Lipinski definition) is 4. The van der Waals surface area contributed by atoms with Crippen LogP contribution >= 0.6 is 11.3 Å². The molecule has 3 rings (SSSR count). The molecule has 2 N–H and O–H groups in total. The summed E-state index contributed by atoms with van der Waals surface area (Å²) >= 11 is 1.53. The average Bonchev–Trinajstić information content (AvgIpc) is 3.01. The Morgan fingerprint density at radius 3 is 2.90 bits per heavy atom. The zero-order chi connectivity index (χ0) is 15.0. The van der Waals surface area contributed by atoms with E-state index < -0.39 is 0 Å². The van der Waals surface area contributed by atoms with Gasteiger partial charge in [0, 0.05) is 28.8 Å². The van der Waals surface area contributed by atoms with Gasteiger partial charge in [0.15, 0.2) is 5.78 Å². The van der Waals surface area contributed by atoms with Crippen molar-refractivity contribution in [1.82, 2.24) is 15.3 Å². The molecule has 110 valence electrons. The van der Waals surface area contributed by atoms with E-state index in [2.05, 4.69) is 15.3 Å². The Labute approximate surface area is 126 Å². The molecule has 1 aliphatic rings. The Morgan fingerprint density at radius 1 is 1.43 bits per heavy atom. The lowest BCUT2D eigenvalue weighted by molar-refractivity contribution is 0.0944. The number of carbonyl (C=O) groups is 2. The Hall–Kier alpha value is -1.95. The molecule has 0 fully saturated rings. The van der Waals surface area contributed by atoms with Gasteiger partial charge in [-0.05, 0) is 32.3 Å². The molecule has 0 saturated heterocycles. The lowest BCUT2D eigenvalue weighted by atomic mass is 9.94. The predicted octanol–water partition coefficient (Wildman–Crippen LogP) is 2.54. The molecule has 2 aromatic heterocycles. The zero-order valence-electron chi connectivity index (χ0n) is 12.1. The average molecular weight is 303 g/mol. The maximum absolute atomic E-state index is 12.3. The highest BCUT2D eigenvalue weighted by molar-refractivity contribution is 7.09. The van der Waals surface area contributed by atoms with Crippen molar-refractivity contribution in [2.45, 2.75) is 39.7 Å². The molecule has 2 aromatic rings. The van der Waals surface area contributed by atoms with Crippen molar-refractivity contribution >= 4 is 23.0 Å².